The number of aliphatic hydroxyl groups is 1. The molecular formula is C29H41N11O8P+. The predicted octanol–water partition coefficient (Wildman–Crippen LogP) is -0.0856. The number of rotatable bonds is 16. The van der Waals surface area contributed by atoms with Crippen molar-refractivity contribution in [3.63, 3.8) is 0 Å². The van der Waals surface area contributed by atoms with Crippen LogP contribution in [0.1, 0.15) is 31.1 Å². The van der Waals surface area contributed by atoms with Gasteiger partial charge in [-0.25, -0.2) is 33.6 Å². The second-order valence-electron chi connectivity index (χ2n) is 12.5. The fourth-order valence-corrected chi connectivity index (χ4v) is 6.03. The molecule has 5 heterocycles. The maximum Gasteiger partial charge on any atom is 0.437 e. The Kier molecular flexibility index (Phi) is 11.2. The molecule has 5 N–H and O–H groups in total. The molecule has 1 amide bonds. The van der Waals surface area contributed by atoms with Gasteiger partial charge in [-0.15, -0.1) is 0 Å². The smallest absolute Gasteiger partial charge is 0.390 e. The highest BCUT2D eigenvalue weighted by molar-refractivity contribution is 7.51. The average Bonchev–Trinajstić information content (AvgIpc) is 3.81. The Balaban J connectivity index is 1.11. The Labute approximate surface area is 280 Å². The van der Waals surface area contributed by atoms with E-state index in [4.69, 9.17) is 9.26 Å². The first-order chi connectivity index (χ1) is 23.3. The van der Waals surface area contributed by atoms with Gasteiger partial charge >= 0.3 is 13.4 Å². The van der Waals surface area contributed by atoms with E-state index >= 15 is 0 Å². The SMILES string of the molecule is C[N+](C)(C)CCCCn1cnc2c(NCCNC(=O)/C=C/c3cn(C4CC(O)C(COP(=O)(O)n5ccnc5)O4)c(=O)[nH]c3=O)ncnc21. The van der Waals surface area contributed by atoms with E-state index in [1.54, 1.807) is 6.33 Å². The van der Waals surface area contributed by atoms with E-state index in [1.165, 1.54) is 31.0 Å². The molecule has 1 fully saturated rings. The summed E-state index contributed by atoms with van der Waals surface area (Å²) in [6, 6.07) is 0. The number of carbonyl (C=O) groups is 1. The quantitative estimate of drug-likeness (QED) is 0.0445. The van der Waals surface area contributed by atoms with Crippen molar-refractivity contribution in [2.45, 2.75) is 44.2 Å². The lowest BCUT2D eigenvalue weighted by molar-refractivity contribution is -0.870. The standard InChI is InChI=1S/C29H40N11O8P/c1-40(2,3)13-5-4-11-37-19-35-25-26(33-17-34-27(25)37)32-9-8-31-23(42)7-6-20-15-39(29(44)36-28(20)43)24-14-21(41)22(48-24)16-47-49(45,46)38-12-10-30-18-38/h6-7,10,12,15,17-19,21-22,24,41H,4-5,8-9,11,13-14,16H2,1-3H3,(H3-,31,32,33,34,36,42,43,44,45,46)/p+1/b7-6+. The molecule has 264 valence electrons. The van der Waals surface area contributed by atoms with E-state index < -0.39 is 49.9 Å². The van der Waals surface area contributed by atoms with Crippen molar-refractivity contribution >= 4 is 36.7 Å². The van der Waals surface area contributed by atoms with Gasteiger partial charge in [-0.3, -0.25) is 23.7 Å². The van der Waals surface area contributed by atoms with Crippen LogP contribution in [0.4, 0.5) is 5.82 Å². The number of aromatic nitrogens is 8. The summed E-state index contributed by atoms with van der Waals surface area (Å²) >= 11 is 0. The Morgan fingerprint density at radius 2 is 2.02 bits per heavy atom. The number of aliphatic hydroxyl groups excluding tert-OH is 1. The molecule has 4 unspecified atom stereocenters. The summed E-state index contributed by atoms with van der Waals surface area (Å²) < 4.78 is 28.1. The third-order valence-corrected chi connectivity index (χ3v) is 9.01. The van der Waals surface area contributed by atoms with Crippen LogP contribution < -0.4 is 21.9 Å². The highest BCUT2D eigenvalue weighted by atomic mass is 31.2. The van der Waals surface area contributed by atoms with Gasteiger partial charge in [-0.1, -0.05) is 0 Å². The molecule has 0 radical (unpaired) electrons. The molecule has 4 aromatic rings. The number of amides is 1. The lowest BCUT2D eigenvalue weighted by Crippen LogP contribution is -2.35. The van der Waals surface area contributed by atoms with Crippen molar-refractivity contribution < 1.29 is 33.1 Å². The fraction of sp³-hybridized carbons (Fsp3) is 0.483. The number of aromatic amines is 1. The number of hydrogen-bond donors (Lipinski definition) is 5. The Bertz CT molecular complexity index is 1930. The minimum Gasteiger partial charge on any atom is -0.390 e. The minimum atomic E-state index is -4.27. The first-order valence-corrected chi connectivity index (χ1v) is 17.1. The number of aryl methyl sites for hydroxylation is 1. The van der Waals surface area contributed by atoms with E-state index in [-0.39, 0.29) is 18.5 Å². The second kappa shape index (κ2) is 15.4. The van der Waals surface area contributed by atoms with Gasteiger partial charge < -0.3 is 34.4 Å². The summed E-state index contributed by atoms with van der Waals surface area (Å²) in [5, 5.41) is 16.3. The van der Waals surface area contributed by atoms with E-state index in [9.17, 15) is 28.9 Å². The number of nitrogens with zero attached hydrogens (tertiary/aromatic N) is 8. The van der Waals surface area contributed by atoms with Gasteiger partial charge in [0.1, 0.15) is 30.5 Å². The van der Waals surface area contributed by atoms with Crippen molar-refractivity contribution in [1.29, 1.82) is 0 Å². The summed E-state index contributed by atoms with van der Waals surface area (Å²) in [5.74, 6) is 0.0614. The zero-order valence-corrected chi connectivity index (χ0v) is 28.3. The zero-order valence-electron chi connectivity index (χ0n) is 27.4. The van der Waals surface area contributed by atoms with Gasteiger partial charge in [-0.05, 0) is 18.9 Å². The summed E-state index contributed by atoms with van der Waals surface area (Å²) in [5.41, 5.74) is -0.180. The largest absolute Gasteiger partial charge is 0.437 e. The molecule has 0 spiro atoms. The van der Waals surface area contributed by atoms with Crippen LogP contribution in [-0.4, -0.2) is 118 Å². The van der Waals surface area contributed by atoms with Crippen LogP contribution in [0.2, 0.25) is 0 Å². The molecule has 0 aliphatic carbocycles. The molecule has 1 aliphatic rings. The van der Waals surface area contributed by atoms with Crippen molar-refractivity contribution in [2.24, 2.45) is 0 Å². The van der Waals surface area contributed by atoms with Crippen molar-refractivity contribution in [3.8, 4) is 0 Å². The van der Waals surface area contributed by atoms with E-state index in [1.807, 2.05) is 4.57 Å². The number of imidazole rings is 2. The Hall–Kier alpha value is -4.52. The minimum absolute atomic E-state index is 0.0120. The van der Waals surface area contributed by atoms with Gasteiger partial charge in [0.2, 0.25) is 5.91 Å². The van der Waals surface area contributed by atoms with Crippen molar-refractivity contribution in [3.05, 3.63) is 70.1 Å². The number of fused-ring (bicyclic) bond motifs is 1. The van der Waals surface area contributed by atoms with Gasteiger partial charge in [0, 0.05) is 50.7 Å². The molecule has 19 nitrogen and oxygen atoms in total. The number of carbonyl (C=O) groups excluding carboxylic acids is 1. The normalized spacial score (nSPS) is 19.4. The summed E-state index contributed by atoms with van der Waals surface area (Å²) in [6.07, 6.45) is 9.33. The Morgan fingerprint density at radius 3 is 2.78 bits per heavy atom. The highest BCUT2D eigenvalue weighted by Gasteiger charge is 2.37. The highest BCUT2D eigenvalue weighted by Crippen LogP contribution is 2.44. The number of ether oxygens (including phenoxy) is 1. The zero-order chi connectivity index (χ0) is 35.2. The molecule has 1 saturated heterocycles. The molecule has 20 heteroatoms. The lowest BCUT2D eigenvalue weighted by Gasteiger charge is -2.23. The van der Waals surface area contributed by atoms with E-state index in [2.05, 4.69) is 56.7 Å². The van der Waals surface area contributed by atoms with Crippen LogP contribution >= 0.6 is 7.75 Å². The lowest BCUT2D eigenvalue weighted by atomic mass is 10.2. The van der Waals surface area contributed by atoms with E-state index in [0.29, 0.717) is 17.9 Å². The first kappa shape index (κ1) is 35.8. The van der Waals surface area contributed by atoms with Crippen LogP contribution in [0.5, 0.6) is 0 Å². The molecule has 4 atom stereocenters. The third-order valence-electron chi connectivity index (χ3n) is 7.71. The van der Waals surface area contributed by atoms with Crippen molar-refractivity contribution in [2.75, 3.05) is 52.7 Å². The number of nitrogens with one attached hydrogen (secondary N) is 3. The molecule has 49 heavy (non-hydrogen) atoms. The molecule has 0 bridgehead atoms. The first-order valence-electron chi connectivity index (χ1n) is 15.6. The predicted molar refractivity (Wildman–Crippen MR) is 177 cm³/mol. The number of anilines is 1. The third kappa shape index (κ3) is 9.34. The fourth-order valence-electron chi connectivity index (χ4n) is 5.14. The molecular weight excluding hydrogens is 661 g/mol. The summed E-state index contributed by atoms with van der Waals surface area (Å²) in [6.45, 7) is 1.99. The van der Waals surface area contributed by atoms with E-state index in [0.717, 1.165) is 57.4 Å². The molecule has 5 rings (SSSR count). The number of quaternary nitrogens is 1. The molecule has 0 aromatic carbocycles. The van der Waals surface area contributed by atoms with Crippen LogP contribution in [0.3, 0.4) is 0 Å². The van der Waals surface area contributed by atoms with Gasteiger partial charge in [0.15, 0.2) is 11.5 Å². The number of unbranched alkanes of at least 4 members (excludes halogenated alkanes) is 1. The molecule has 0 saturated carbocycles. The van der Waals surface area contributed by atoms with Gasteiger partial charge in [0.05, 0.1) is 52.3 Å². The number of H-pyrrole nitrogens is 1. The van der Waals surface area contributed by atoms with Crippen LogP contribution in [0.15, 0.2) is 53.2 Å². The van der Waals surface area contributed by atoms with Crippen LogP contribution in [-0.2, 0) is 25.2 Å². The Morgan fingerprint density at radius 1 is 1.20 bits per heavy atom. The van der Waals surface area contributed by atoms with Gasteiger partial charge in [0.25, 0.3) is 5.56 Å². The topological polar surface area (TPSA) is 233 Å². The maximum absolute atomic E-state index is 12.6. The summed E-state index contributed by atoms with van der Waals surface area (Å²) in [4.78, 5) is 66.6. The average molecular weight is 703 g/mol. The van der Waals surface area contributed by atoms with Crippen LogP contribution in [0, 0.1) is 0 Å². The number of hydrogen-bond acceptors (Lipinski definition) is 12. The van der Waals surface area contributed by atoms with Crippen LogP contribution in [0.25, 0.3) is 17.2 Å². The molecule has 4 aromatic heterocycles. The maximum atomic E-state index is 12.6. The monoisotopic (exact) mass is 702 g/mol. The van der Waals surface area contributed by atoms with Crippen molar-refractivity contribution in [1.82, 2.24) is 43.7 Å². The van der Waals surface area contributed by atoms with Gasteiger partial charge in [-0.2, -0.15) is 0 Å². The summed E-state index contributed by atoms with van der Waals surface area (Å²) in [7, 11) is 2.23. The second-order valence-corrected chi connectivity index (χ2v) is 14.2. The molecule has 1 aliphatic heterocycles.